The molecule has 280 valence electrons. The predicted molar refractivity (Wildman–Crippen MR) is 205 cm³/mol. The van der Waals surface area contributed by atoms with Crippen LogP contribution in [0.3, 0.4) is 0 Å². The second-order valence-corrected chi connectivity index (χ2v) is 17.2. The summed E-state index contributed by atoms with van der Waals surface area (Å²) in [4.78, 5) is 29.2. The van der Waals surface area contributed by atoms with Gasteiger partial charge in [0.05, 0.1) is 80.9 Å². The van der Waals surface area contributed by atoms with E-state index in [1.807, 2.05) is 9.80 Å². The first kappa shape index (κ1) is 35.6. The molecule has 0 fully saturated rings. The van der Waals surface area contributed by atoms with Crippen LogP contribution in [0.4, 0.5) is 11.4 Å². The van der Waals surface area contributed by atoms with Gasteiger partial charge in [0.2, 0.25) is 19.7 Å². The molecule has 0 bridgehead atoms. The fourth-order valence-electron chi connectivity index (χ4n) is 7.38. The van der Waals surface area contributed by atoms with E-state index in [4.69, 9.17) is 9.47 Å². The van der Waals surface area contributed by atoms with Gasteiger partial charge < -0.3 is 29.9 Å². The number of amidine groups is 2. The Hall–Kier alpha value is -5.41. The Morgan fingerprint density at radius 2 is 1.04 bits per heavy atom. The Morgan fingerprint density at radius 1 is 0.611 bits per heavy atom. The molecule has 4 aliphatic heterocycles. The number of anilines is 2. The normalized spacial score (nSPS) is 17.8. The summed E-state index contributed by atoms with van der Waals surface area (Å²) in [7, 11) is -7.63. The number of nitrogens with one attached hydrogen (secondary N) is 2. The highest BCUT2D eigenvalue weighted by Gasteiger charge is 2.41. The zero-order chi connectivity index (χ0) is 37.3. The van der Waals surface area contributed by atoms with Gasteiger partial charge in [-0.3, -0.25) is 14.8 Å². The summed E-state index contributed by atoms with van der Waals surface area (Å²) >= 11 is 0. The number of carbonyl (C=O) groups excluding carboxylic acids is 1. The summed E-state index contributed by atoms with van der Waals surface area (Å²) < 4.78 is 66.3. The van der Waals surface area contributed by atoms with E-state index in [0.29, 0.717) is 75.0 Å². The fraction of sp³-hybridized carbons (Fsp3) is 0.308. The van der Waals surface area contributed by atoms with Gasteiger partial charge in [-0.15, -0.1) is 0 Å². The quantitative estimate of drug-likeness (QED) is 0.217. The average Bonchev–Trinajstić information content (AvgIpc) is 3.94. The van der Waals surface area contributed by atoms with E-state index in [1.165, 1.54) is 12.1 Å². The van der Waals surface area contributed by atoms with Crippen LogP contribution in [-0.2, 0) is 24.5 Å². The maximum absolute atomic E-state index is 15.3. The maximum Gasteiger partial charge on any atom is 0.206 e. The predicted octanol–water partition coefficient (Wildman–Crippen LogP) is 3.54. The standard InChI is InChI=1S/C39H40N6O7S2/c46-39(33(25-37-40-15-16-41-37)44-19-21-51-35-23-29(11-13-31(35)44)53(47,48)27-7-3-1-4-8-27)34(26-38-42-17-18-43-38)45-20-22-52-36-24-30(12-14-32(36)45)54(49,50)28-9-5-2-6-10-28/h1-14,23-24,33-34H,15-22,25-26H2,(H,40,41)(H,42,43). The first-order valence-electron chi connectivity index (χ1n) is 18.0. The number of fused-ring (bicyclic) bond motifs is 2. The Kier molecular flexibility index (Phi) is 9.75. The molecule has 54 heavy (non-hydrogen) atoms. The van der Waals surface area contributed by atoms with Crippen LogP contribution in [0.25, 0.3) is 0 Å². The van der Waals surface area contributed by atoms with Crippen LogP contribution in [0.2, 0.25) is 0 Å². The molecule has 4 heterocycles. The zero-order valence-corrected chi connectivity index (χ0v) is 31.1. The van der Waals surface area contributed by atoms with Gasteiger partial charge >= 0.3 is 0 Å². The molecule has 0 amide bonds. The topological polar surface area (TPSA) is 159 Å². The highest BCUT2D eigenvalue weighted by atomic mass is 32.2. The van der Waals surface area contributed by atoms with Crippen LogP contribution in [0.5, 0.6) is 11.5 Å². The van der Waals surface area contributed by atoms with Crippen molar-refractivity contribution in [3.05, 3.63) is 97.1 Å². The number of aliphatic imine (C=N–C) groups is 2. The van der Waals surface area contributed by atoms with Crippen molar-refractivity contribution in [1.82, 2.24) is 10.6 Å². The average molecular weight is 769 g/mol. The van der Waals surface area contributed by atoms with E-state index in [0.717, 1.165) is 11.7 Å². The molecule has 0 spiro atoms. The van der Waals surface area contributed by atoms with E-state index in [1.54, 1.807) is 84.9 Å². The van der Waals surface area contributed by atoms with Crippen LogP contribution in [0.1, 0.15) is 12.8 Å². The minimum atomic E-state index is -3.81. The lowest BCUT2D eigenvalue weighted by molar-refractivity contribution is -0.121. The Morgan fingerprint density at radius 3 is 1.43 bits per heavy atom. The zero-order valence-electron chi connectivity index (χ0n) is 29.4. The molecule has 2 atom stereocenters. The first-order valence-corrected chi connectivity index (χ1v) is 20.9. The summed E-state index contributed by atoms with van der Waals surface area (Å²) in [6.07, 6.45) is 0.592. The number of ether oxygens (including phenoxy) is 2. The van der Waals surface area contributed by atoms with Crippen LogP contribution in [-0.4, -0.2) is 98.9 Å². The van der Waals surface area contributed by atoms with Gasteiger partial charge in [-0.2, -0.15) is 0 Å². The van der Waals surface area contributed by atoms with Crippen molar-refractivity contribution in [2.75, 3.05) is 62.3 Å². The molecule has 0 saturated carbocycles. The molecule has 15 heteroatoms. The van der Waals surface area contributed by atoms with Crippen molar-refractivity contribution < 1.29 is 31.1 Å². The van der Waals surface area contributed by atoms with Gasteiger partial charge in [0.15, 0.2) is 5.78 Å². The molecule has 8 rings (SSSR count). The van der Waals surface area contributed by atoms with Crippen molar-refractivity contribution in [3.63, 3.8) is 0 Å². The molecular weight excluding hydrogens is 729 g/mol. The molecule has 0 radical (unpaired) electrons. The number of carbonyl (C=O) groups is 1. The number of Topliss-reactive ketones (excluding diaryl/α,β-unsaturated/α-hetero) is 1. The SMILES string of the molecule is O=C(C(CC1=NCCN1)N1CCOc2cc(S(=O)(=O)c3ccccc3)ccc21)C(CC1=NCCN1)N1CCOc2cc(S(=O)(=O)c3ccccc3)ccc21. The van der Waals surface area contributed by atoms with E-state index in [-0.39, 0.29) is 38.6 Å². The highest BCUT2D eigenvalue weighted by molar-refractivity contribution is 7.91. The second-order valence-electron chi connectivity index (χ2n) is 13.3. The van der Waals surface area contributed by atoms with Crippen LogP contribution in [0, 0.1) is 0 Å². The Balaban J connectivity index is 1.16. The second kappa shape index (κ2) is 14.8. The van der Waals surface area contributed by atoms with Gasteiger partial charge in [-0.1, -0.05) is 36.4 Å². The molecule has 2 N–H and O–H groups in total. The smallest absolute Gasteiger partial charge is 0.206 e. The van der Waals surface area contributed by atoms with Gasteiger partial charge in [0.1, 0.15) is 24.7 Å². The first-order chi connectivity index (χ1) is 26.2. The number of hydrogen-bond donors (Lipinski definition) is 2. The van der Waals surface area contributed by atoms with Crippen LogP contribution >= 0.6 is 0 Å². The number of ketones is 1. The Labute approximate surface area is 314 Å². The lowest BCUT2D eigenvalue weighted by Gasteiger charge is -2.42. The Bertz CT molecular complexity index is 2170. The minimum Gasteiger partial charge on any atom is -0.490 e. The molecule has 0 aromatic heterocycles. The fourth-order valence-corrected chi connectivity index (χ4v) is 9.98. The third kappa shape index (κ3) is 6.89. The minimum absolute atomic E-state index is 0.0922. The third-order valence-electron chi connectivity index (χ3n) is 10.1. The van der Waals surface area contributed by atoms with E-state index >= 15 is 4.79 Å². The van der Waals surface area contributed by atoms with Crippen molar-refractivity contribution in [3.8, 4) is 11.5 Å². The number of benzene rings is 4. The van der Waals surface area contributed by atoms with Crippen molar-refractivity contribution >= 4 is 48.5 Å². The van der Waals surface area contributed by atoms with Crippen molar-refractivity contribution in [2.24, 2.45) is 9.98 Å². The summed E-state index contributed by atoms with van der Waals surface area (Å²) in [5, 5.41) is 6.65. The van der Waals surface area contributed by atoms with Crippen LogP contribution in [0.15, 0.2) is 127 Å². The highest BCUT2D eigenvalue weighted by Crippen LogP contribution is 2.40. The summed E-state index contributed by atoms with van der Waals surface area (Å²) in [6, 6.07) is 24.7. The van der Waals surface area contributed by atoms with Crippen molar-refractivity contribution in [2.45, 2.75) is 44.5 Å². The van der Waals surface area contributed by atoms with Gasteiger partial charge in [0.25, 0.3) is 0 Å². The number of rotatable bonds is 12. The number of nitrogens with zero attached hydrogens (tertiary/aromatic N) is 4. The van der Waals surface area contributed by atoms with Gasteiger partial charge in [-0.25, -0.2) is 16.8 Å². The summed E-state index contributed by atoms with van der Waals surface area (Å²) in [5.41, 5.74) is 1.22. The van der Waals surface area contributed by atoms with E-state index in [2.05, 4.69) is 20.6 Å². The molecule has 0 saturated heterocycles. The lowest BCUT2D eigenvalue weighted by Crippen LogP contribution is -2.56. The van der Waals surface area contributed by atoms with E-state index < -0.39 is 31.8 Å². The largest absolute Gasteiger partial charge is 0.490 e. The van der Waals surface area contributed by atoms with E-state index in [9.17, 15) is 16.8 Å². The third-order valence-corrected chi connectivity index (χ3v) is 13.6. The lowest BCUT2D eigenvalue weighted by atomic mass is 9.94. The molecule has 13 nitrogen and oxygen atoms in total. The summed E-state index contributed by atoms with van der Waals surface area (Å²) in [5.74, 6) is 2.10. The monoisotopic (exact) mass is 768 g/mol. The maximum atomic E-state index is 15.3. The van der Waals surface area contributed by atoms with Crippen molar-refractivity contribution in [1.29, 1.82) is 0 Å². The van der Waals surface area contributed by atoms with Gasteiger partial charge in [0, 0.05) is 38.1 Å². The van der Waals surface area contributed by atoms with Crippen LogP contribution < -0.4 is 29.9 Å². The molecule has 4 aromatic rings. The number of hydrogen-bond acceptors (Lipinski definition) is 13. The number of sulfone groups is 2. The molecule has 0 aliphatic carbocycles. The molecular formula is C39H40N6O7S2. The summed E-state index contributed by atoms with van der Waals surface area (Å²) in [6.45, 7) is 3.80. The van der Waals surface area contributed by atoms with Gasteiger partial charge in [-0.05, 0) is 48.5 Å². The molecule has 2 unspecified atom stereocenters. The molecule has 4 aromatic carbocycles. The molecule has 4 aliphatic rings.